The SMILES string of the molecule is O=C(O)c1cc(=O)n(CCCn2c(=O)cc(C(=O)O)[nH]c2=O)c(=O)[nH]1. The summed E-state index contributed by atoms with van der Waals surface area (Å²) in [6.07, 6.45) is 0.0187. The number of aromatic nitrogens is 4. The molecule has 0 spiro atoms. The Balaban J connectivity index is 2.20. The quantitative estimate of drug-likeness (QED) is 0.454. The van der Waals surface area contributed by atoms with Gasteiger partial charge in [-0.15, -0.1) is 0 Å². The normalized spacial score (nSPS) is 10.6. The van der Waals surface area contributed by atoms with Crippen molar-refractivity contribution in [3.8, 4) is 0 Å². The molecule has 4 N–H and O–H groups in total. The van der Waals surface area contributed by atoms with Crippen molar-refractivity contribution in [1.82, 2.24) is 19.1 Å². The van der Waals surface area contributed by atoms with Gasteiger partial charge in [0.2, 0.25) is 0 Å². The number of carboxylic acids is 2. The van der Waals surface area contributed by atoms with Crippen LogP contribution in [0.15, 0.2) is 31.3 Å². The number of carboxylic acid groups (broad SMARTS) is 2. The molecule has 0 fully saturated rings. The average molecular weight is 352 g/mol. The molecule has 0 saturated carbocycles. The molecule has 12 heteroatoms. The summed E-state index contributed by atoms with van der Waals surface area (Å²) in [5, 5.41) is 17.5. The number of carbonyl (C=O) groups is 2. The molecule has 0 radical (unpaired) electrons. The zero-order valence-corrected chi connectivity index (χ0v) is 12.5. The zero-order valence-electron chi connectivity index (χ0n) is 12.5. The van der Waals surface area contributed by atoms with Gasteiger partial charge in [0.15, 0.2) is 0 Å². The number of hydrogen-bond donors (Lipinski definition) is 4. The standard InChI is InChI=1S/C13H12N4O8/c18-8-4-6(10(20)21)14-12(24)16(8)2-1-3-17-9(19)5-7(11(22)23)15-13(17)25/h4-5H,1-3H2,(H,14,24)(H,15,25)(H,20,21)(H,22,23). The van der Waals surface area contributed by atoms with Gasteiger partial charge in [0.25, 0.3) is 11.1 Å². The van der Waals surface area contributed by atoms with Crippen molar-refractivity contribution in [2.75, 3.05) is 0 Å². The molecular weight excluding hydrogens is 340 g/mol. The summed E-state index contributed by atoms with van der Waals surface area (Å²) in [5.74, 6) is -2.92. The molecule has 2 heterocycles. The third-order valence-corrected chi connectivity index (χ3v) is 3.27. The molecule has 0 bridgehead atoms. The van der Waals surface area contributed by atoms with Crippen molar-refractivity contribution in [3.05, 3.63) is 65.2 Å². The van der Waals surface area contributed by atoms with Crippen molar-refractivity contribution >= 4 is 11.9 Å². The first kappa shape index (κ1) is 17.7. The predicted octanol–water partition coefficient (Wildman–Crippen LogP) is -2.13. The topological polar surface area (TPSA) is 184 Å². The zero-order chi connectivity index (χ0) is 18.7. The van der Waals surface area contributed by atoms with Crippen LogP contribution < -0.4 is 22.5 Å². The molecule has 2 aromatic rings. The van der Waals surface area contributed by atoms with E-state index >= 15 is 0 Å². The van der Waals surface area contributed by atoms with Crippen LogP contribution in [0.1, 0.15) is 27.4 Å². The molecule has 0 aliphatic carbocycles. The second-order valence-corrected chi connectivity index (χ2v) is 4.92. The Hall–Kier alpha value is -3.70. The predicted molar refractivity (Wildman–Crippen MR) is 81.2 cm³/mol. The molecule has 0 unspecified atom stereocenters. The van der Waals surface area contributed by atoms with Crippen molar-refractivity contribution in [1.29, 1.82) is 0 Å². The van der Waals surface area contributed by atoms with Gasteiger partial charge >= 0.3 is 23.3 Å². The van der Waals surface area contributed by atoms with Crippen LogP contribution in [-0.2, 0) is 13.1 Å². The first-order valence-electron chi connectivity index (χ1n) is 6.85. The summed E-state index contributed by atoms with van der Waals surface area (Å²) in [6.45, 7) is -0.360. The summed E-state index contributed by atoms with van der Waals surface area (Å²) >= 11 is 0. The van der Waals surface area contributed by atoms with E-state index in [1.54, 1.807) is 0 Å². The molecule has 0 amide bonds. The third-order valence-electron chi connectivity index (χ3n) is 3.27. The van der Waals surface area contributed by atoms with Crippen LogP contribution >= 0.6 is 0 Å². The molecule has 0 aliphatic heterocycles. The first-order valence-corrected chi connectivity index (χ1v) is 6.85. The van der Waals surface area contributed by atoms with E-state index in [1.165, 1.54) is 0 Å². The van der Waals surface area contributed by atoms with Gasteiger partial charge in [-0.3, -0.25) is 18.7 Å². The van der Waals surface area contributed by atoms with E-state index in [-0.39, 0.29) is 19.5 Å². The smallest absolute Gasteiger partial charge is 0.352 e. The molecule has 0 aliphatic rings. The Morgan fingerprint density at radius 2 is 1.16 bits per heavy atom. The van der Waals surface area contributed by atoms with Crippen molar-refractivity contribution in [2.45, 2.75) is 19.5 Å². The van der Waals surface area contributed by atoms with Crippen LogP contribution in [0.3, 0.4) is 0 Å². The van der Waals surface area contributed by atoms with Crippen LogP contribution in [0.4, 0.5) is 0 Å². The minimum absolute atomic E-state index is 0.0187. The van der Waals surface area contributed by atoms with E-state index in [1.807, 2.05) is 9.97 Å². The molecular formula is C13H12N4O8. The van der Waals surface area contributed by atoms with E-state index in [4.69, 9.17) is 10.2 Å². The van der Waals surface area contributed by atoms with E-state index in [0.717, 1.165) is 21.3 Å². The van der Waals surface area contributed by atoms with E-state index < -0.39 is 45.8 Å². The van der Waals surface area contributed by atoms with Gasteiger partial charge in [0.1, 0.15) is 11.4 Å². The number of nitrogens with one attached hydrogen (secondary N) is 2. The maximum atomic E-state index is 11.7. The Labute approximate surface area is 136 Å². The highest BCUT2D eigenvalue weighted by Crippen LogP contribution is 1.90. The van der Waals surface area contributed by atoms with Crippen LogP contribution in [-0.4, -0.2) is 41.3 Å². The lowest BCUT2D eigenvalue weighted by atomic mass is 10.3. The van der Waals surface area contributed by atoms with Gasteiger partial charge in [0, 0.05) is 25.2 Å². The fraction of sp³-hybridized carbons (Fsp3) is 0.231. The van der Waals surface area contributed by atoms with Crippen molar-refractivity contribution in [2.24, 2.45) is 0 Å². The maximum Gasteiger partial charge on any atom is 0.352 e. The highest BCUT2D eigenvalue weighted by Gasteiger charge is 2.11. The van der Waals surface area contributed by atoms with Gasteiger partial charge in [-0.05, 0) is 6.42 Å². The van der Waals surface area contributed by atoms with Crippen LogP contribution in [0.25, 0.3) is 0 Å². The minimum Gasteiger partial charge on any atom is -0.477 e. The number of H-pyrrole nitrogens is 2. The van der Waals surface area contributed by atoms with Crippen LogP contribution in [0.2, 0.25) is 0 Å². The Kier molecular flexibility index (Phi) is 4.81. The lowest BCUT2D eigenvalue weighted by Crippen LogP contribution is -2.39. The summed E-state index contributed by atoms with van der Waals surface area (Å²) < 4.78 is 1.44. The lowest BCUT2D eigenvalue weighted by molar-refractivity contribution is 0.0679. The molecule has 132 valence electrons. The highest BCUT2D eigenvalue weighted by molar-refractivity contribution is 5.85. The lowest BCUT2D eigenvalue weighted by Gasteiger charge is -2.07. The number of aromatic carboxylic acids is 2. The van der Waals surface area contributed by atoms with Gasteiger partial charge in [-0.25, -0.2) is 19.2 Å². The second kappa shape index (κ2) is 6.82. The van der Waals surface area contributed by atoms with Gasteiger partial charge in [0.05, 0.1) is 0 Å². The number of hydrogen-bond acceptors (Lipinski definition) is 6. The molecule has 2 aromatic heterocycles. The van der Waals surface area contributed by atoms with E-state index in [2.05, 4.69) is 0 Å². The average Bonchev–Trinajstić information content (AvgIpc) is 2.51. The van der Waals surface area contributed by atoms with E-state index in [0.29, 0.717) is 0 Å². The van der Waals surface area contributed by atoms with Gasteiger partial charge < -0.3 is 20.2 Å². The summed E-state index contributed by atoms with van der Waals surface area (Å²) in [5.41, 5.74) is -4.67. The van der Waals surface area contributed by atoms with Crippen molar-refractivity contribution in [3.63, 3.8) is 0 Å². The molecule has 12 nitrogen and oxygen atoms in total. The molecule has 0 saturated heterocycles. The maximum absolute atomic E-state index is 11.7. The Morgan fingerprint density at radius 1 is 0.800 bits per heavy atom. The summed E-state index contributed by atoms with van der Waals surface area (Å²) in [7, 11) is 0. The highest BCUT2D eigenvalue weighted by atomic mass is 16.4. The van der Waals surface area contributed by atoms with E-state index in [9.17, 15) is 28.8 Å². The minimum atomic E-state index is -1.46. The summed E-state index contributed by atoms with van der Waals surface area (Å²) in [4.78, 5) is 72.4. The third kappa shape index (κ3) is 3.80. The Bertz CT molecular complexity index is 923. The Morgan fingerprint density at radius 3 is 1.44 bits per heavy atom. The fourth-order valence-corrected chi connectivity index (χ4v) is 2.08. The largest absolute Gasteiger partial charge is 0.477 e. The molecule has 25 heavy (non-hydrogen) atoms. The van der Waals surface area contributed by atoms with Crippen LogP contribution in [0.5, 0.6) is 0 Å². The molecule has 0 atom stereocenters. The number of aromatic amines is 2. The van der Waals surface area contributed by atoms with Gasteiger partial charge in [-0.1, -0.05) is 0 Å². The summed E-state index contributed by atoms with van der Waals surface area (Å²) in [6, 6.07) is 1.48. The molecule has 2 rings (SSSR count). The van der Waals surface area contributed by atoms with Gasteiger partial charge in [-0.2, -0.15) is 0 Å². The molecule has 0 aromatic carbocycles. The first-order chi connectivity index (χ1) is 11.7. The number of rotatable bonds is 6. The van der Waals surface area contributed by atoms with Crippen molar-refractivity contribution < 1.29 is 19.8 Å². The fourth-order valence-electron chi connectivity index (χ4n) is 2.08. The number of nitrogens with zero attached hydrogens (tertiary/aromatic N) is 2. The monoisotopic (exact) mass is 352 g/mol. The second-order valence-electron chi connectivity index (χ2n) is 4.92. The van der Waals surface area contributed by atoms with Crippen LogP contribution in [0, 0.1) is 0 Å².